The monoisotopic (exact) mass is 264 g/mol. The van der Waals surface area contributed by atoms with Crippen LogP contribution in [-0.4, -0.2) is 11.0 Å². The zero-order valence-corrected chi connectivity index (χ0v) is 11.7. The molecule has 2 fully saturated rings. The Bertz CT molecular complexity index is 411. The Labute approximate surface area is 114 Å². The molecule has 3 rings (SSSR count). The highest BCUT2D eigenvalue weighted by Gasteiger charge is 2.36. The quantitative estimate of drug-likeness (QED) is 0.814. The van der Waals surface area contributed by atoms with Crippen LogP contribution in [-0.2, 0) is 0 Å². The fourth-order valence-electron chi connectivity index (χ4n) is 3.07. The second-order valence-corrected chi connectivity index (χ2v) is 6.26. The fraction of sp³-hybridized carbons (Fsp3) is 0.667. The van der Waals surface area contributed by atoms with Crippen LogP contribution in [0.5, 0.6) is 0 Å². The number of aryl methyl sites for hydroxylation is 1. The van der Waals surface area contributed by atoms with Crippen molar-refractivity contribution in [1.82, 2.24) is 4.98 Å². The molecule has 2 nitrogen and oxygen atoms in total. The summed E-state index contributed by atoms with van der Waals surface area (Å²) in [6, 6.07) is 2.61. The SMILES string of the molecule is Cc1cc(Cl)ncc1NC(C1CCC1)C1CCC1. The molecule has 0 radical (unpaired) electrons. The van der Waals surface area contributed by atoms with Gasteiger partial charge in [0.25, 0.3) is 0 Å². The molecule has 0 saturated heterocycles. The summed E-state index contributed by atoms with van der Waals surface area (Å²) < 4.78 is 0. The number of nitrogens with zero attached hydrogens (tertiary/aromatic N) is 1. The Hall–Kier alpha value is -0.760. The van der Waals surface area contributed by atoms with Crippen molar-refractivity contribution in [3.8, 4) is 0 Å². The Kier molecular flexibility index (Phi) is 3.47. The van der Waals surface area contributed by atoms with Crippen molar-refractivity contribution in [2.75, 3.05) is 5.32 Å². The molecule has 0 aliphatic heterocycles. The van der Waals surface area contributed by atoms with Crippen LogP contribution in [0.15, 0.2) is 12.3 Å². The summed E-state index contributed by atoms with van der Waals surface area (Å²) in [5.41, 5.74) is 2.38. The van der Waals surface area contributed by atoms with Crippen molar-refractivity contribution in [3.05, 3.63) is 23.0 Å². The number of rotatable bonds is 4. The first-order chi connectivity index (χ1) is 8.74. The van der Waals surface area contributed by atoms with Gasteiger partial charge in [-0.05, 0) is 56.1 Å². The lowest BCUT2D eigenvalue weighted by Gasteiger charge is -2.43. The van der Waals surface area contributed by atoms with Gasteiger partial charge in [0.15, 0.2) is 0 Å². The first-order valence-electron chi connectivity index (χ1n) is 7.13. The van der Waals surface area contributed by atoms with Crippen molar-refractivity contribution >= 4 is 17.3 Å². The standard InChI is InChI=1S/C15H21ClN2/c1-10-8-14(16)17-9-13(10)18-15(11-4-2-5-11)12-6-3-7-12/h8-9,11-12,15,18H,2-7H2,1H3. The number of aromatic nitrogens is 1. The molecule has 3 heteroatoms. The van der Waals surface area contributed by atoms with E-state index >= 15 is 0 Å². The minimum atomic E-state index is 0.585. The predicted molar refractivity (Wildman–Crippen MR) is 76.1 cm³/mol. The molecule has 2 aliphatic carbocycles. The number of anilines is 1. The van der Waals surface area contributed by atoms with Crippen LogP contribution in [0.2, 0.25) is 5.15 Å². The van der Waals surface area contributed by atoms with E-state index in [2.05, 4.69) is 17.2 Å². The van der Waals surface area contributed by atoms with Crippen molar-refractivity contribution < 1.29 is 0 Å². The summed E-state index contributed by atoms with van der Waals surface area (Å²) in [6.07, 6.45) is 10.3. The zero-order chi connectivity index (χ0) is 12.5. The summed E-state index contributed by atoms with van der Waals surface area (Å²) >= 11 is 5.92. The third-order valence-electron chi connectivity index (χ3n) is 4.71. The van der Waals surface area contributed by atoms with E-state index in [0.29, 0.717) is 11.2 Å². The molecule has 1 aromatic rings. The minimum Gasteiger partial charge on any atom is -0.380 e. The van der Waals surface area contributed by atoms with Gasteiger partial charge in [-0.15, -0.1) is 0 Å². The van der Waals surface area contributed by atoms with Gasteiger partial charge in [-0.3, -0.25) is 0 Å². The van der Waals surface area contributed by atoms with Gasteiger partial charge in [-0.25, -0.2) is 4.98 Å². The third kappa shape index (κ3) is 2.35. The summed E-state index contributed by atoms with van der Waals surface area (Å²) in [5, 5.41) is 4.34. The molecule has 0 spiro atoms. The Balaban J connectivity index is 1.74. The molecular weight excluding hydrogens is 244 g/mol. The van der Waals surface area contributed by atoms with Gasteiger partial charge in [-0.2, -0.15) is 0 Å². The maximum Gasteiger partial charge on any atom is 0.129 e. The number of hydrogen-bond acceptors (Lipinski definition) is 2. The molecule has 0 aromatic carbocycles. The first kappa shape index (κ1) is 12.3. The molecule has 2 aliphatic rings. The number of pyridine rings is 1. The fourth-order valence-corrected chi connectivity index (χ4v) is 3.28. The van der Waals surface area contributed by atoms with Crippen LogP contribution in [0.3, 0.4) is 0 Å². The van der Waals surface area contributed by atoms with Crippen LogP contribution >= 0.6 is 11.6 Å². The van der Waals surface area contributed by atoms with Crippen molar-refractivity contribution in [3.63, 3.8) is 0 Å². The predicted octanol–water partition coefficient (Wildman–Crippen LogP) is 4.42. The Morgan fingerprint density at radius 2 is 1.83 bits per heavy atom. The summed E-state index contributed by atoms with van der Waals surface area (Å²) in [7, 11) is 0. The third-order valence-corrected chi connectivity index (χ3v) is 4.92. The van der Waals surface area contributed by atoms with Gasteiger partial charge >= 0.3 is 0 Å². The molecule has 2 saturated carbocycles. The van der Waals surface area contributed by atoms with Crippen LogP contribution in [0.1, 0.15) is 44.1 Å². The van der Waals surface area contributed by atoms with E-state index in [4.69, 9.17) is 11.6 Å². The number of nitrogens with one attached hydrogen (secondary N) is 1. The number of hydrogen-bond donors (Lipinski definition) is 1. The van der Waals surface area contributed by atoms with Crippen LogP contribution in [0, 0.1) is 18.8 Å². The maximum atomic E-state index is 5.92. The molecule has 0 atom stereocenters. The van der Waals surface area contributed by atoms with Gasteiger partial charge in [0.2, 0.25) is 0 Å². The normalized spacial score (nSPS) is 20.6. The van der Waals surface area contributed by atoms with E-state index in [-0.39, 0.29) is 0 Å². The van der Waals surface area contributed by atoms with Crippen molar-refractivity contribution in [2.24, 2.45) is 11.8 Å². The molecule has 0 bridgehead atoms. The lowest BCUT2D eigenvalue weighted by molar-refractivity contribution is 0.166. The molecular formula is C15H21ClN2. The highest BCUT2D eigenvalue weighted by Crippen LogP contribution is 2.41. The van der Waals surface area contributed by atoms with Gasteiger partial charge in [-0.1, -0.05) is 24.4 Å². The Morgan fingerprint density at radius 1 is 1.22 bits per heavy atom. The van der Waals surface area contributed by atoms with Gasteiger partial charge in [0, 0.05) is 6.04 Å². The van der Waals surface area contributed by atoms with Crippen LogP contribution < -0.4 is 5.32 Å². The summed E-state index contributed by atoms with van der Waals surface area (Å²) in [5.74, 6) is 1.76. The number of halogens is 1. The van der Waals surface area contributed by atoms with Gasteiger partial charge in [0.05, 0.1) is 11.9 Å². The van der Waals surface area contributed by atoms with Crippen molar-refractivity contribution in [1.29, 1.82) is 0 Å². The van der Waals surface area contributed by atoms with Crippen molar-refractivity contribution in [2.45, 2.75) is 51.5 Å². The summed E-state index contributed by atoms with van der Waals surface area (Å²) in [6.45, 7) is 2.11. The van der Waals surface area contributed by atoms with Crippen LogP contribution in [0.25, 0.3) is 0 Å². The van der Waals surface area contributed by atoms with E-state index in [0.717, 1.165) is 11.8 Å². The first-order valence-corrected chi connectivity index (χ1v) is 7.50. The van der Waals surface area contributed by atoms with Gasteiger partial charge in [0.1, 0.15) is 5.15 Å². The topological polar surface area (TPSA) is 24.9 Å². The summed E-state index contributed by atoms with van der Waals surface area (Å²) in [4.78, 5) is 4.20. The van der Waals surface area contributed by atoms with Gasteiger partial charge < -0.3 is 5.32 Å². The molecule has 0 unspecified atom stereocenters. The largest absolute Gasteiger partial charge is 0.380 e. The second-order valence-electron chi connectivity index (χ2n) is 5.87. The molecule has 98 valence electrons. The second kappa shape index (κ2) is 5.08. The molecule has 1 N–H and O–H groups in total. The molecule has 1 aromatic heterocycles. The lowest BCUT2D eigenvalue weighted by Crippen LogP contribution is -2.42. The molecule has 18 heavy (non-hydrogen) atoms. The zero-order valence-electron chi connectivity index (χ0n) is 11.0. The van der Waals surface area contributed by atoms with E-state index in [1.807, 2.05) is 12.3 Å². The average molecular weight is 265 g/mol. The maximum absolute atomic E-state index is 5.92. The molecule has 0 amide bonds. The highest BCUT2D eigenvalue weighted by molar-refractivity contribution is 6.29. The van der Waals surface area contributed by atoms with E-state index in [1.54, 1.807) is 0 Å². The van der Waals surface area contributed by atoms with E-state index in [1.165, 1.54) is 49.8 Å². The smallest absolute Gasteiger partial charge is 0.129 e. The van der Waals surface area contributed by atoms with E-state index < -0.39 is 0 Å². The lowest BCUT2D eigenvalue weighted by atomic mass is 9.68. The van der Waals surface area contributed by atoms with E-state index in [9.17, 15) is 0 Å². The minimum absolute atomic E-state index is 0.585. The van der Waals surface area contributed by atoms with Crippen LogP contribution in [0.4, 0.5) is 5.69 Å². The molecule has 1 heterocycles. The average Bonchev–Trinajstić information content (AvgIpc) is 2.16. The highest BCUT2D eigenvalue weighted by atomic mass is 35.5. The Morgan fingerprint density at radius 3 is 2.28 bits per heavy atom.